The Morgan fingerprint density at radius 1 is 1.16 bits per heavy atom. The van der Waals surface area contributed by atoms with Crippen molar-refractivity contribution in [2.45, 2.75) is 12.1 Å². The molecule has 0 spiro atoms. The van der Waals surface area contributed by atoms with E-state index in [2.05, 4.69) is 15.3 Å². The van der Waals surface area contributed by atoms with Gasteiger partial charge in [-0.3, -0.25) is 14.2 Å². The second-order valence-corrected chi connectivity index (χ2v) is 8.58. The molecule has 4 rings (SSSR count). The highest BCUT2D eigenvalue weighted by Crippen LogP contribution is 2.26. The Morgan fingerprint density at radius 2 is 1.97 bits per heavy atom. The summed E-state index contributed by atoms with van der Waals surface area (Å²) < 4.78 is 27.9. The van der Waals surface area contributed by atoms with Crippen molar-refractivity contribution in [3.8, 4) is 11.3 Å². The van der Waals surface area contributed by atoms with E-state index in [1.54, 1.807) is 24.6 Å². The van der Waals surface area contributed by atoms with Crippen molar-refractivity contribution in [3.05, 3.63) is 69.3 Å². The van der Waals surface area contributed by atoms with E-state index >= 15 is 0 Å². The maximum absolute atomic E-state index is 13.4. The van der Waals surface area contributed by atoms with E-state index in [1.165, 1.54) is 22.0 Å². The van der Waals surface area contributed by atoms with Crippen molar-refractivity contribution in [2.75, 3.05) is 11.1 Å². The molecule has 0 aliphatic heterocycles. The molecule has 6 nitrogen and oxygen atoms in total. The van der Waals surface area contributed by atoms with E-state index in [-0.39, 0.29) is 17.2 Å². The number of carbonyl (C=O) groups excluding carboxylic acids is 1. The summed E-state index contributed by atoms with van der Waals surface area (Å²) in [4.78, 5) is 33.6. The number of rotatable bonds is 5. The van der Waals surface area contributed by atoms with Crippen LogP contribution >= 0.6 is 23.1 Å². The van der Waals surface area contributed by atoms with Crippen LogP contribution in [0.2, 0.25) is 0 Å². The van der Waals surface area contributed by atoms with Crippen molar-refractivity contribution in [2.24, 2.45) is 7.05 Å². The average Bonchev–Trinajstić information content (AvgIpc) is 3.20. The van der Waals surface area contributed by atoms with Crippen LogP contribution in [0.25, 0.3) is 22.2 Å². The summed E-state index contributed by atoms with van der Waals surface area (Å²) >= 11 is 2.31. The van der Waals surface area contributed by atoms with Crippen molar-refractivity contribution in [3.63, 3.8) is 0 Å². The summed E-state index contributed by atoms with van der Waals surface area (Å²) in [6, 6.07) is 8.95. The number of fused-ring (bicyclic) bond motifs is 1. The molecule has 0 aliphatic carbocycles. The smallest absolute Gasteiger partial charge is 0.261 e. The van der Waals surface area contributed by atoms with Crippen LogP contribution in [-0.2, 0) is 11.8 Å². The van der Waals surface area contributed by atoms with Gasteiger partial charge in [-0.2, -0.15) is 0 Å². The molecule has 0 saturated heterocycles. The van der Waals surface area contributed by atoms with Gasteiger partial charge in [-0.25, -0.2) is 18.7 Å². The van der Waals surface area contributed by atoms with Crippen LogP contribution in [0.4, 0.5) is 13.9 Å². The fraction of sp³-hybridized carbons (Fsp3) is 0.143. The lowest BCUT2D eigenvalue weighted by atomic mass is 10.2. The Labute approximate surface area is 184 Å². The van der Waals surface area contributed by atoms with Crippen LogP contribution in [0.15, 0.2) is 51.7 Å². The van der Waals surface area contributed by atoms with E-state index in [4.69, 9.17) is 0 Å². The number of nitrogens with one attached hydrogen (secondary N) is 1. The highest BCUT2D eigenvalue weighted by molar-refractivity contribution is 7.99. The standard InChI is InChI=1S/C21H16F2N4O2S2/c1-11-3-6-16-13(7-11)19(29)27(2)21(25-16)31-10-18(28)26-20-24-17(9-30-20)12-4-5-14(22)15(23)8-12/h3-9H,10H2,1-2H3,(H,24,26,28). The number of carbonyl (C=O) groups is 1. The number of halogens is 2. The minimum Gasteiger partial charge on any atom is -0.301 e. The maximum atomic E-state index is 13.4. The first-order valence-corrected chi connectivity index (χ1v) is 11.0. The monoisotopic (exact) mass is 458 g/mol. The van der Waals surface area contributed by atoms with Crippen LogP contribution in [0, 0.1) is 18.6 Å². The molecule has 158 valence electrons. The first kappa shape index (κ1) is 21.1. The van der Waals surface area contributed by atoms with Crippen molar-refractivity contribution < 1.29 is 13.6 Å². The Morgan fingerprint density at radius 3 is 2.74 bits per heavy atom. The van der Waals surface area contributed by atoms with Gasteiger partial charge < -0.3 is 5.32 Å². The van der Waals surface area contributed by atoms with Crippen LogP contribution in [0.1, 0.15) is 5.56 Å². The highest BCUT2D eigenvalue weighted by Gasteiger charge is 2.13. The van der Waals surface area contributed by atoms with Crippen LogP contribution in [0.3, 0.4) is 0 Å². The quantitative estimate of drug-likeness (QED) is 0.355. The van der Waals surface area contributed by atoms with Gasteiger partial charge in [0.1, 0.15) is 0 Å². The lowest BCUT2D eigenvalue weighted by Crippen LogP contribution is -2.21. The number of anilines is 1. The Balaban J connectivity index is 1.45. The molecule has 0 radical (unpaired) electrons. The number of hydrogen-bond donors (Lipinski definition) is 1. The third kappa shape index (κ3) is 4.49. The Kier molecular flexibility index (Phi) is 5.84. The molecule has 0 bridgehead atoms. The summed E-state index contributed by atoms with van der Waals surface area (Å²) in [5, 5.41) is 5.61. The van der Waals surface area contributed by atoms with Gasteiger partial charge in [0.25, 0.3) is 5.56 Å². The Hall–Kier alpha value is -3.11. The second-order valence-electron chi connectivity index (χ2n) is 6.78. The molecule has 1 N–H and O–H groups in total. The second kappa shape index (κ2) is 8.56. The molecular formula is C21H16F2N4O2S2. The first-order chi connectivity index (χ1) is 14.8. The van der Waals surface area contributed by atoms with Gasteiger partial charge in [-0.15, -0.1) is 11.3 Å². The largest absolute Gasteiger partial charge is 0.301 e. The topological polar surface area (TPSA) is 76.9 Å². The van der Waals surface area contributed by atoms with E-state index in [9.17, 15) is 18.4 Å². The van der Waals surface area contributed by atoms with E-state index in [1.807, 2.05) is 13.0 Å². The highest BCUT2D eigenvalue weighted by atomic mass is 32.2. The van der Waals surface area contributed by atoms with Gasteiger partial charge >= 0.3 is 0 Å². The van der Waals surface area contributed by atoms with Crippen molar-refractivity contribution >= 4 is 45.0 Å². The predicted octanol–water partition coefficient (Wildman–Crippen LogP) is 4.37. The SMILES string of the molecule is Cc1ccc2nc(SCC(=O)Nc3nc(-c4ccc(F)c(F)c4)cs3)n(C)c(=O)c2c1. The molecule has 31 heavy (non-hydrogen) atoms. The maximum Gasteiger partial charge on any atom is 0.261 e. The first-order valence-electron chi connectivity index (χ1n) is 9.13. The van der Waals surface area contributed by atoms with Gasteiger partial charge in [0.2, 0.25) is 5.91 Å². The van der Waals surface area contributed by atoms with E-state index in [0.29, 0.717) is 32.4 Å². The summed E-state index contributed by atoms with van der Waals surface area (Å²) in [6.07, 6.45) is 0. The molecule has 1 amide bonds. The number of thioether (sulfide) groups is 1. The number of aromatic nitrogens is 3. The minimum absolute atomic E-state index is 0.0255. The molecule has 0 atom stereocenters. The Bertz CT molecular complexity index is 1370. The van der Waals surface area contributed by atoms with Gasteiger partial charge in [0, 0.05) is 18.0 Å². The number of nitrogens with zero attached hydrogens (tertiary/aromatic N) is 3. The average molecular weight is 459 g/mol. The molecule has 0 aliphatic rings. The van der Waals surface area contributed by atoms with Gasteiger partial charge in [0.15, 0.2) is 21.9 Å². The fourth-order valence-electron chi connectivity index (χ4n) is 2.90. The number of aryl methyl sites for hydroxylation is 1. The summed E-state index contributed by atoms with van der Waals surface area (Å²) in [6.45, 7) is 1.91. The molecule has 2 aromatic heterocycles. The molecule has 0 unspecified atom stereocenters. The van der Waals surface area contributed by atoms with Gasteiger partial charge in [-0.1, -0.05) is 23.4 Å². The van der Waals surface area contributed by atoms with Crippen molar-refractivity contribution in [1.82, 2.24) is 14.5 Å². The molecule has 2 aromatic carbocycles. The predicted molar refractivity (Wildman–Crippen MR) is 119 cm³/mol. The molecule has 10 heteroatoms. The fourth-order valence-corrected chi connectivity index (χ4v) is 4.41. The zero-order valence-corrected chi connectivity index (χ0v) is 18.1. The third-order valence-electron chi connectivity index (χ3n) is 4.49. The van der Waals surface area contributed by atoms with E-state index in [0.717, 1.165) is 29.5 Å². The summed E-state index contributed by atoms with van der Waals surface area (Å²) in [5.74, 6) is -2.19. The van der Waals surface area contributed by atoms with Gasteiger partial charge in [-0.05, 0) is 37.3 Å². The van der Waals surface area contributed by atoms with Crippen molar-refractivity contribution in [1.29, 1.82) is 0 Å². The number of thiazole rings is 1. The summed E-state index contributed by atoms with van der Waals surface area (Å²) in [5.41, 5.74) is 2.22. The summed E-state index contributed by atoms with van der Waals surface area (Å²) in [7, 11) is 1.62. The van der Waals surface area contributed by atoms with Gasteiger partial charge in [0.05, 0.1) is 22.3 Å². The number of hydrogen-bond acceptors (Lipinski definition) is 6. The van der Waals surface area contributed by atoms with Crippen LogP contribution in [0.5, 0.6) is 0 Å². The van der Waals surface area contributed by atoms with Crippen LogP contribution in [-0.4, -0.2) is 26.2 Å². The number of benzene rings is 2. The minimum atomic E-state index is -0.962. The molecule has 0 fully saturated rings. The molecular weight excluding hydrogens is 442 g/mol. The zero-order chi connectivity index (χ0) is 22.1. The number of amides is 1. The lowest BCUT2D eigenvalue weighted by molar-refractivity contribution is -0.113. The zero-order valence-electron chi connectivity index (χ0n) is 16.5. The molecule has 4 aromatic rings. The van der Waals surface area contributed by atoms with Crippen LogP contribution < -0.4 is 10.9 Å². The molecule has 0 saturated carbocycles. The molecule has 2 heterocycles. The lowest BCUT2D eigenvalue weighted by Gasteiger charge is -2.09. The van der Waals surface area contributed by atoms with E-state index < -0.39 is 11.6 Å². The normalized spacial score (nSPS) is 11.1. The third-order valence-corrected chi connectivity index (χ3v) is 6.28.